The van der Waals surface area contributed by atoms with Crippen LogP contribution < -0.4 is 0 Å². The maximum absolute atomic E-state index is 10.2. The molecule has 0 spiro atoms. The molecule has 0 aliphatic carbocycles. The van der Waals surface area contributed by atoms with Gasteiger partial charge in [0.2, 0.25) is 0 Å². The molecule has 0 unspecified atom stereocenters. The molecule has 0 bridgehead atoms. The van der Waals surface area contributed by atoms with Crippen molar-refractivity contribution in [1.82, 2.24) is 0 Å². The number of hydrogen-bond donors (Lipinski definition) is 1. The second-order valence-electron chi connectivity index (χ2n) is 3.69. The summed E-state index contributed by atoms with van der Waals surface area (Å²) in [7, 11) is 0. The van der Waals surface area contributed by atoms with Crippen molar-refractivity contribution in [2.24, 2.45) is 0 Å². The molecule has 0 aromatic carbocycles. The molecule has 0 saturated carbocycles. The molecule has 17 heavy (non-hydrogen) atoms. The van der Waals surface area contributed by atoms with Crippen molar-refractivity contribution < 1.29 is 24.1 Å². The highest BCUT2D eigenvalue weighted by Gasteiger charge is 1.96. The Morgan fingerprint density at radius 3 is 1.94 bits per heavy atom. The first-order chi connectivity index (χ1) is 8.27. The summed E-state index contributed by atoms with van der Waals surface area (Å²) in [6.07, 6.45) is 2.70. The summed E-state index contributed by atoms with van der Waals surface area (Å²) in [4.78, 5) is 10.2. The van der Waals surface area contributed by atoms with Crippen LogP contribution in [-0.2, 0) is 19.0 Å². The van der Waals surface area contributed by atoms with Crippen molar-refractivity contribution in [3.8, 4) is 0 Å². The molecule has 0 amide bonds. The number of ether oxygens (including phenoxy) is 3. The van der Waals surface area contributed by atoms with Gasteiger partial charge in [-0.3, -0.25) is 4.79 Å². The molecule has 0 atom stereocenters. The lowest BCUT2D eigenvalue weighted by molar-refractivity contribution is -0.137. The summed E-state index contributed by atoms with van der Waals surface area (Å²) >= 11 is 0. The van der Waals surface area contributed by atoms with Crippen LogP contribution in [0.25, 0.3) is 0 Å². The van der Waals surface area contributed by atoms with E-state index in [0.29, 0.717) is 39.5 Å². The quantitative estimate of drug-likeness (QED) is 0.503. The normalized spacial score (nSPS) is 10.6. The van der Waals surface area contributed by atoms with Gasteiger partial charge in [-0.15, -0.1) is 0 Å². The minimum Gasteiger partial charge on any atom is -0.481 e. The highest BCUT2D eigenvalue weighted by Crippen LogP contribution is 1.95. The highest BCUT2D eigenvalue weighted by molar-refractivity contribution is 5.66. The van der Waals surface area contributed by atoms with E-state index in [0.717, 1.165) is 19.4 Å². The van der Waals surface area contributed by atoms with E-state index in [-0.39, 0.29) is 6.42 Å². The summed E-state index contributed by atoms with van der Waals surface area (Å²) in [6, 6.07) is 0. The van der Waals surface area contributed by atoms with E-state index >= 15 is 0 Å². The number of aliphatic carboxylic acids is 1. The molecule has 0 aromatic heterocycles. The Morgan fingerprint density at radius 2 is 1.41 bits per heavy atom. The lowest BCUT2D eigenvalue weighted by Gasteiger charge is -2.06. The van der Waals surface area contributed by atoms with Crippen LogP contribution in [0.4, 0.5) is 0 Å². The molecule has 1 N–H and O–H groups in total. The van der Waals surface area contributed by atoms with Crippen molar-refractivity contribution in [2.75, 3.05) is 39.6 Å². The molecule has 0 rings (SSSR count). The molecule has 0 aliphatic rings. The van der Waals surface area contributed by atoms with Gasteiger partial charge >= 0.3 is 5.97 Å². The van der Waals surface area contributed by atoms with E-state index in [2.05, 4.69) is 6.92 Å². The third kappa shape index (κ3) is 15.4. The summed E-state index contributed by atoms with van der Waals surface area (Å²) in [5, 5.41) is 8.40. The molecule has 0 saturated heterocycles. The molecule has 0 radical (unpaired) electrons. The van der Waals surface area contributed by atoms with E-state index < -0.39 is 5.97 Å². The molecular formula is C12H24O5. The van der Waals surface area contributed by atoms with E-state index in [4.69, 9.17) is 19.3 Å². The second kappa shape index (κ2) is 13.4. The molecule has 0 aliphatic heterocycles. The first kappa shape index (κ1) is 16.4. The van der Waals surface area contributed by atoms with E-state index in [1.54, 1.807) is 0 Å². The summed E-state index contributed by atoms with van der Waals surface area (Å²) < 4.78 is 15.8. The fourth-order valence-corrected chi connectivity index (χ4v) is 1.17. The third-order valence-electron chi connectivity index (χ3n) is 2.02. The highest BCUT2D eigenvalue weighted by atomic mass is 16.5. The number of carboxylic acid groups (broad SMARTS) is 1. The van der Waals surface area contributed by atoms with Crippen LogP contribution in [0.5, 0.6) is 0 Å². The van der Waals surface area contributed by atoms with Crippen molar-refractivity contribution in [3.63, 3.8) is 0 Å². The topological polar surface area (TPSA) is 65.0 Å². The molecule has 0 fully saturated rings. The van der Waals surface area contributed by atoms with Crippen LogP contribution in [0.1, 0.15) is 32.6 Å². The van der Waals surface area contributed by atoms with Crippen molar-refractivity contribution >= 4 is 5.97 Å². The number of unbranched alkanes of at least 4 members (excludes halogenated alkanes) is 1. The monoisotopic (exact) mass is 248 g/mol. The SMILES string of the molecule is CCCOCCOCCOCCCCC(=O)O. The Hall–Kier alpha value is -0.650. The van der Waals surface area contributed by atoms with Gasteiger partial charge in [-0.1, -0.05) is 6.92 Å². The average Bonchev–Trinajstić information content (AvgIpc) is 2.30. The predicted molar refractivity (Wildman–Crippen MR) is 64.2 cm³/mol. The van der Waals surface area contributed by atoms with Crippen LogP contribution in [0.2, 0.25) is 0 Å². The maximum atomic E-state index is 10.2. The summed E-state index contributed by atoms with van der Waals surface area (Å²) in [5.74, 6) is -0.750. The largest absolute Gasteiger partial charge is 0.481 e. The predicted octanol–water partition coefficient (Wildman–Crippen LogP) is 1.70. The third-order valence-corrected chi connectivity index (χ3v) is 2.02. The van der Waals surface area contributed by atoms with Crippen molar-refractivity contribution in [2.45, 2.75) is 32.6 Å². The Bertz CT molecular complexity index is 172. The van der Waals surface area contributed by atoms with Gasteiger partial charge in [0.05, 0.1) is 26.4 Å². The maximum Gasteiger partial charge on any atom is 0.303 e. The van der Waals surface area contributed by atoms with E-state index in [9.17, 15) is 4.79 Å². The van der Waals surface area contributed by atoms with Crippen LogP contribution >= 0.6 is 0 Å². The fourth-order valence-electron chi connectivity index (χ4n) is 1.17. The van der Waals surface area contributed by atoms with Gasteiger partial charge in [0.25, 0.3) is 0 Å². The standard InChI is InChI=1S/C12H24O5/c1-2-6-15-8-10-17-11-9-16-7-4-3-5-12(13)14/h2-11H2,1H3,(H,13,14). The van der Waals surface area contributed by atoms with Gasteiger partial charge in [-0.2, -0.15) is 0 Å². The van der Waals surface area contributed by atoms with E-state index in [1.807, 2.05) is 0 Å². The molecule has 0 aromatic rings. The van der Waals surface area contributed by atoms with Crippen molar-refractivity contribution in [3.05, 3.63) is 0 Å². The fraction of sp³-hybridized carbons (Fsp3) is 0.917. The number of hydrogen-bond acceptors (Lipinski definition) is 4. The van der Waals surface area contributed by atoms with Crippen LogP contribution in [-0.4, -0.2) is 50.7 Å². The summed E-state index contributed by atoms with van der Waals surface area (Å²) in [6.45, 7) is 5.80. The number of rotatable bonds is 13. The zero-order valence-electron chi connectivity index (χ0n) is 10.7. The van der Waals surface area contributed by atoms with Gasteiger partial charge in [0.15, 0.2) is 0 Å². The van der Waals surface area contributed by atoms with Gasteiger partial charge in [0, 0.05) is 19.6 Å². The van der Waals surface area contributed by atoms with Crippen molar-refractivity contribution in [1.29, 1.82) is 0 Å². The number of carbonyl (C=O) groups is 1. The van der Waals surface area contributed by atoms with Crippen LogP contribution in [0.15, 0.2) is 0 Å². The minimum atomic E-state index is -0.750. The molecule has 5 nitrogen and oxygen atoms in total. The minimum absolute atomic E-state index is 0.217. The zero-order valence-corrected chi connectivity index (χ0v) is 10.7. The van der Waals surface area contributed by atoms with Crippen LogP contribution in [0, 0.1) is 0 Å². The van der Waals surface area contributed by atoms with E-state index in [1.165, 1.54) is 0 Å². The van der Waals surface area contributed by atoms with Gasteiger partial charge in [-0.05, 0) is 19.3 Å². The average molecular weight is 248 g/mol. The Labute approximate surface area is 103 Å². The Morgan fingerprint density at radius 1 is 0.882 bits per heavy atom. The first-order valence-corrected chi connectivity index (χ1v) is 6.22. The molecule has 102 valence electrons. The zero-order chi connectivity index (χ0) is 12.8. The first-order valence-electron chi connectivity index (χ1n) is 6.22. The molecule has 0 heterocycles. The van der Waals surface area contributed by atoms with Gasteiger partial charge in [-0.25, -0.2) is 0 Å². The lowest BCUT2D eigenvalue weighted by atomic mass is 10.2. The smallest absolute Gasteiger partial charge is 0.303 e. The van der Waals surface area contributed by atoms with Crippen LogP contribution in [0.3, 0.4) is 0 Å². The van der Waals surface area contributed by atoms with Gasteiger partial charge < -0.3 is 19.3 Å². The Balaban J connectivity index is 2.91. The second-order valence-corrected chi connectivity index (χ2v) is 3.69. The lowest BCUT2D eigenvalue weighted by Crippen LogP contribution is -2.10. The molecule has 5 heteroatoms. The summed E-state index contributed by atoms with van der Waals surface area (Å²) in [5.41, 5.74) is 0. The Kier molecular flexibility index (Phi) is 12.9. The molecular weight excluding hydrogens is 224 g/mol. The van der Waals surface area contributed by atoms with Gasteiger partial charge in [0.1, 0.15) is 0 Å². The number of carboxylic acids is 1.